The predicted molar refractivity (Wildman–Crippen MR) is 52.1 cm³/mol. The van der Waals surface area contributed by atoms with Crippen molar-refractivity contribution in [3.05, 3.63) is 0 Å². The Morgan fingerprint density at radius 1 is 1.00 bits per heavy atom. The van der Waals surface area contributed by atoms with Crippen molar-refractivity contribution >= 4 is 0 Å². The summed E-state index contributed by atoms with van der Waals surface area (Å²) in [5.41, 5.74) is 0. The molecule has 2 fully saturated rings. The summed E-state index contributed by atoms with van der Waals surface area (Å²) in [6.45, 7) is 4.75. The zero-order chi connectivity index (χ0) is 8.55. The Balaban J connectivity index is 2.00. The molecule has 1 heteroatoms. The minimum atomic E-state index is 0.770. The highest BCUT2D eigenvalue weighted by molar-refractivity contribution is 4.90. The highest BCUT2D eigenvalue weighted by atomic mass is 15.0. The van der Waals surface area contributed by atoms with E-state index < -0.39 is 0 Å². The van der Waals surface area contributed by atoms with E-state index in [9.17, 15) is 0 Å². The first-order valence-electron chi connectivity index (χ1n) is 5.53. The number of hydrogen-bond donors (Lipinski definition) is 1. The van der Waals surface area contributed by atoms with Crippen LogP contribution in [0.15, 0.2) is 0 Å². The molecule has 0 aromatic carbocycles. The monoisotopic (exact) mass is 167 g/mol. The molecule has 0 spiro atoms. The Kier molecular flexibility index (Phi) is 2.40. The maximum Gasteiger partial charge on any atom is 0.0123 e. The van der Waals surface area contributed by atoms with Crippen LogP contribution >= 0.6 is 0 Å². The van der Waals surface area contributed by atoms with E-state index in [4.69, 9.17) is 0 Å². The van der Waals surface area contributed by atoms with Gasteiger partial charge in [0.1, 0.15) is 0 Å². The average Bonchev–Trinajstić information content (AvgIpc) is 2.07. The molecule has 4 atom stereocenters. The largest absolute Gasteiger partial charge is 0.311 e. The summed E-state index contributed by atoms with van der Waals surface area (Å²) in [5, 5.41) is 3.77. The van der Waals surface area contributed by atoms with Crippen LogP contribution in [0, 0.1) is 11.8 Å². The Labute approximate surface area is 75.9 Å². The second-order valence-corrected chi connectivity index (χ2v) is 4.84. The summed E-state index contributed by atoms with van der Waals surface area (Å²) in [6, 6.07) is 1.62. The van der Waals surface area contributed by atoms with Gasteiger partial charge in [0.05, 0.1) is 0 Å². The molecule has 0 aromatic heterocycles. The van der Waals surface area contributed by atoms with E-state index in [0.29, 0.717) is 0 Å². The van der Waals surface area contributed by atoms with E-state index in [0.717, 1.165) is 23.9 Å². The molecule has 0 bridgehead atoms. The summed E-state index contributed by atoms with van der Waals surface area (Å²) in [4.78, 5) is 0. The summed E-state index contributed by atoms with van der Waals surface area (Å²) in [5.74, 6) is 1.93. The number of rotatable bonds is 0. The smallest absolute Gasteiger partial charge is 0.0123 e. The Hall–Kier alpha value is -0.0400. The van der Waals surface area contributed by atoms with Crippen LogP contribution in [0.4, 0.5) is 0 Å². The van der Waals surface area contributed by atoms with Crippen LogP contribution in [0.3, 0.4) is 0 Å². The molecule has 70 valence electrons. The molecule has 12 heavy (non-hydrogen) atoms. The molecule has 2 aliphatic rings. The standard InChI is InChI=1S/C11H21N/c1-8-4-3-5-10-7-6-9(2)12-11(8)10/h8-12H,3-7H2,1-2H3/t8-,9+,10-,11+/m1/s1. The van der Waals surface area contributed by atoms with E-state index in [2.05, 4.69) is 19.2 Å². The van der Waals surface area contributed by atoms with Crippen LogP contribution in [0.25, 0.3) is 0 Å². The van der Waals surface area contributed by atoms with Gasteiger partial charge in [-0.25, -0.2) is 0 Å². The minimum absolute atomic E-state index is 0.770. The molecular formula is C11H21N. The van der Waals surface area contributed by atoms with Crippen molar-refractivity contribution in [3.63, 3.8) is 0 Å². The Bertz CT molecular complexity index is 155. The third-order valence-corrected chi connectivity index (χ3v) is 3.80. The van der Waals surface area contributed by atoms with Crippen molar-refractivity contribution in [2.24, 2.45) is 11.8 Å². The third kappa shape index (κ3) is 1.52. The predicted octanol–water partition coefficient (Wildman–Crippen LogP) is 2.56. The van der Waals surface area contributed by atoms with E-state index in [1.807, 2.05) is 0 Å². The summed E-state index contributed by atoms with van der Waals surface area (Å²) < 4.78 is 0. The zero-order valence-corrected chi connectivity index (χ0v) is 8.34. The average molecular weight is 167 g/mol. The van der Waals surface area contributed by atoms with Gasteiger partial charge in [0.2, 0.25) is 0 Å². The fourth-order valence-electron chi connectivity index (χ4n) is 3.03. The molecule has 0 amide bonds. The number of hydrogen-bond acceptors (Lipinski definition) is 1. The van der Waals surface area contributed by atoms with Crippen molar-refractivity contribution in [1.82, 2.24) is 5.32 Å². The summed E-state index contributed by atoms with van der Waals surface area (Å²) >= 11 is 0. The lowest BCUT2D eigenvalue weighted by atomic mass is 9.73. The lowest BCUT2D eigenvalue weighted by molar-refractivity contribution is 0.134. The van der Waals surface area contributed by atoms with E-state index in [-0.39, 0.29) is 0 Å². The highest BCUT2D eigenvalue weighted by Gasteiger charge is 2.34. The Morgan fingerprint density at radius 2 is 1.83 bits per heavy atom. The van der Waals surface area contributed by atoms with E-state index in [1.54, 1.807) is 0 Å². The van der Waals surface area contributed by atoms with Crippen molar-refractivity contribution in [1.29, 1.82) is 0 Å². The molecule has 1 nitrogen and oxygen atoms in total. The van der Waals surface area contributed by atoms with Gasteiger partial charge in [0, 0.05) is 12.1 Å². The molecule has 1 aliphatic carbocycles. The summed E-state index contributed by atoms with van der Waals surface area (Å²) in [6.07, 6.45) is 7.27. The fourth-order valence-corrected chi connectivity index (χ4v) is 3.03. The highest BCUT2D eigenvalue weighted by Crippen LogP contribution is 2.35. The molecule has 2 rings (SSSR count). The van der Waals surface area contributed by atoms with E-state index in [1.165, 1.54) is 32.1 Å². The van der Waals surface area contributed by atoms with Gasteiger partial charge in [0.15, 0.2) is 0 Å². The maximum atomic E-state index is 3.77. The van der Waals surface area contributed by atoms with Crippen molar-refractivity contribution in [2.45, 2.75) is 58.0 Å². The van der Waals surface area contributed by atoms with Crippen molar-refractivity contribution < 1.29 is 0 Å². The van der Waals surface area contributed by atoms with Gasteiger partial charge >= 0.3 is 0 Å². The van der Waals surface area contributed by atoms with Gasteiger partial charge in [-0.3, -0.25) is 0 Å². The maximum absolute atomic E-state index is 3.77. The second-order valence-electron chi connectivity index (χ2n) is 4.84. The fraction of sp³-hybridized carbons (Fsp3) is 1.00. The number of piperidine rings is 1. The molecular weight excluding hydrogens is 146 g/mol. The molecule has 1 saturated carbocycles. The van der Waals surface area contributed by atoms with Gasteiger partial charge in [-0.05, 0) is 44.4 Å². The van der Waals surface area contributed by atoms with E-state index >= 15 is 0 Å². The van der Waals surface area contributed by atoms with Gasteiger partial charge in [-0.1, -0.05) is 13.3 Å². The molecule has 1 aliphatic heterocycles. The number of nitrogens with one attached hydrogen (secondary N) is 1. The zero-order valence-electron chi connectivity index (χ0n) is 8.34. The molecule has 1 N–H and O–H groups in total. The van der Waals surface area contributed by atoms with Gasteiger partial charge < -0.3 is 5.32 Å². The SMILES string of the molecule is C[C@@H]1CCC[C@@H]2CC[C@H](C)N[C@H]21. The van der Waals surface area contributed by atoms with Crippen LogP contribution in [-0.2, 0) is 0 Å². The molecule has 1 heterocycles. The normalized spacial score (nSPS) is 48.5. The lowest BCUT2D eigenvalue weighted by Crippen LogP contribution is -2.51. The first-order valence-corrected chi connectivity index (χ1v) is 5.53. The van der Waals surface area contributed by atoms with Gasteiger partial charge in [0.25, 0.3) is 0 Å². The molecule has 1 saturated heterocycles. The van der Waals surface area contributed by atoms with Crippen LogP contribution in [0.5, 0.6) is 0 Å². The van der Waals surface area contributed by atoms with Gasteiger partial charge in [-0.15, -0.1) is 0 Å². The minimum Gasteiger partial charge on any atom is -0.311 e. The van der Waals surface area contributed by atoms with Gasteiger partial charge in [-0.2, -0.15) is 0 Å². The van der Waals surface area contributed by atoms with Crippen molar-refractivity contribution in [2.75, 3.05) is 0 Å². The molecule has 0 unspecified atom stereocenters. The quantitative estimate of drug-likeness (QED) is 0.584. The molecule has 0 radical (unpaired) electrons. The van der Waals surface area contributed by atoms with Crippen LogP contribution in [0.1, 0.15) is 46.0 Å². The lowest BCUT2D eigenvalue weighted by Gasteiger charge is -2.43. The first-order chi connectivity index (χ1) is 5.77. The van der Waals surface area contributed by atoms with Crippen LogP contribution in [-0.4, -0.2) is 12.1 Å². The van der Waals surface area contributed by atoms with Crippen molar-refractivity contribution in [3.8, 4) is 0 Å². The van der Waals surface area contributed by atoms with Crippen LogP contribution in [0.2, 0.25) is 0 Å². The first kappa shape index (κ1) is 8.55. The second kappa shape index (κ2) is 3.37. The van der Waals surface area contributed by atoms with Crippen LogP contribution < -0.4 is 5.32 Å². The summed E-state index contributed by atoms with van der Waals surface area (Å²) in [7, 11) is 0. The number of fused-ring (bicyclic) bond motifs is 1. The molecule has 0 aromatic rings. The third-order valence-electron chi connectivity index (χ3n) is 3.80. The topological polar surface area (TPSA) is 12.0 Å². The Morgan fingerprint density at radius 3 is 2.67 bits per heavy atom.